The van der Waals surface area contributed by atoms with Gasteiger partial charge in [0.05, 0.1) is 11.1 Å². The Morgan fingerprint density at radius 3 is 3.08 bits per heavy atom. The fourth-order valence-corrected chi connectivity index (χ4v) is 1.19. The molecule has 0 atom stereocenters. The van der Waals surface area contributed by atoms with Gasteiger partial charge < -0.3 is 15.1 Å². The van der Waals surface area contributed by atoms with E-state index in [2.05, 4.69) is 4.98 Å². The molecule has 4 nitrogen and oxygen atoms in total. The Balaban J connectivity index is 2.99. The van der Waals surface area contributed by atoms with Crippen LogP contribution in [0.2, 0.25) is 5.22 Å². The third-order valence-electron chi connectivity index (χ3n) is 1.57. The molecule has 0 spiro atoms. The summed E-state index contributed by atoms with van der Waals surface area (Å²) < 4.78 is 4.96. The number of H-pyrrole nitrogens is 1. The SMILES string of the molecule is Nc1c[nH]c2oc(Cl)cc2c1=O. The summed E-state index contributed by atoms with van der Waals surface area (Å²) in [7, 11) is 0. The second-order valence-electron chi connectivity index (χ2n) is 2.37. The monoisotopic (exact) mass is 184 g/mol. The van der Waals surface area contributed by atoms with Crippen molar-refractivity contribution in [3.05, 3.63) is 27.7 Å². The summed E-state index contributed by atoms with van der Waals surface area (Å²) in [6.07, 6.45) is 1.38. The lowest BCUT2D eigenvalue weighted by molar-refractivity contribution is 0.605. The van der Waals surface area contributed by atoms with Gasteiger partial charge in [-0.25, -0.2) is 0 Å². The first-order valence-electron chi connectivity index (χ1n) is 3.24. The molecule has 0 radical (unpaired) electrons. The normalized spacial score (nSPS) is 10.8. The maximum atomic E-state index is 11.3. The van der Waals surface area contributed by atoms with Gasteiger partial charge in [0.1, 0.15) is 0 Å². The van der Waals surface area contributed by atoms with Crippen molar-refractivity contribution in [3.63, 3.8) is 0 Å². The number of halogens is 1. The van der Waals surface area contributed by atoms with Crippen LogP contribution in [0.5, 0.6) is 0 Å². The second-order valence-corrected chi connectivity index (χ2v) is 2.74. The van der Waals surface area contributed by atoms with E-state index in [1.54, 1.807) is 0 Å². The third-order valence-corrected chi connectivity index (χ3v) is 1.75. The molecule has 2 aromatic heterocycles. The molecule has 0 saturated heterocycles. The van der Waals surface area contributed by atoms with Crippen molar-refractivity contribution in [2.24, 2.45) is 0 Å². The van der Waals surface area contributed by atoms with E-state index in [4.69, 9.17) is 21.8 Å². The van der Waals surface area contributed by atoms with E-state index in [9.17, 15) is 4.79 Å². The molecule has 62 valence electrons. The lowest BCUT2D eigenvalue weighted by atomic mass is 10.3. The van der Waals surface area contributed by atoms with Gasteiger partial charge in [-0.05, 0) is 11.6 Å². The van der Waals surface area contributed by atoms with E-state index in [1.807, 2.05) is 0 Å². The molecule has 0 bridgehead atoms. The summed E-state index contributed by atoms with van der Waals surface area (Å²) in [6.45, 7) is 0. The van der Waals surface area contributed by atoms with Crippen molar-refractivity contribution in [2.45, 2.75) is 0 Å². The Bertz CT molecular complexity index is 486. The van der Waals surface area contributed by atoms with Crippen molar-refractivity contribution >= 4 is 28.4 Å². The van der Waals surface area contributed by atoms with Crippen LogP contribution in [0.15, 0.2) is 21.5 Å². The molecular formula is C7H5ClN2O2. The van der Waals surface area contributed by atoms with Crippen LogP contribution in [0.25, 0.3) is 11.1 Å². The fraction of sp³-hybridized carbons (Fsp3) is 0. The van der Waals surface area contributed by atoms with Crippen LogP contribution >= 0.6 is 11.6 Å². The maximum absolute atomic E-state index is 11.3. The fourth-order valence-electron chi connectivity index (χ4n) is 1.00. The maximum Gasteiger partial charge on any atom is 0.215 e. The highest BCUT2D eigenvalue weighted by molar-refractivity contribution is 6.29. The molecule has 2 aromatic rings. The average molecular weight is 185 g/mol. The number of aromatic amines is 1. The minimum absolute atomic E-state index is 0.153. The highest BCUT2D eigenvalue weighted by Gasteiger charge is 2.06. The summed E-state index contributed by atoms with van der Waals surface area (Å²) in [5.74, 6) is 0. The van der Waals surface area contributed by atoms with E-state index in [0.717, 1.165) is 0 Å². The van der Waals surface area contributed by atoms with Crippen LogP contribution in [-0.4, -0.2) is 4.98 Å². The molecule has 5 heteroatoms. The minimum atomic E-state index is -0.264. The van der Waals surface area contributed by atoms with Crippen LogP contribution < -0.4 is 11.2 Å². The Labute approximate surface area is 71.9 Å². The number of hydrogen-bond acceptors (Lipinski definition) is 3. The smallest absolute Gasteiger partial charge is 0.215 e. The van der Waals surface area contributed by atoms with Gasteiger partial charge in [0.15, 0.2) is 5.22 Å². The first kappa shape index (κ1) is 7.24. The number of rotatable bonds is 0. The first-order chi connectivity index (χ1) is 5.68. The molecule has 0 fully saturated rings. The molecule has 0 saturated carbocycles. The van der Waals surface area contributed by atoms with Crippen LogP contribution in [0, 0.1) is 0 Å². The predicted molar refractivity (Wildman–Crippen MR) is 46.3 cm³/mol. The van der Waals surface area contributed by atoms with Gasteiger partial charge in [-0.3, -0.25) is 4.79 Å². The largest absolute Gasteiger partial charge is 0.428 e. The zero-order valence-electron chi connectivity index (χ0n) is 5.93. The Morgan fingerprint density at radius 2 is 2.33 bits per heavy atom. The average Bonchev–Trinajstić information content (AvgIpc) is 2.39. The number of fused-ring (bicyclic) bond motifs is 1. The van der Waals surface area contributed by atoms with E-state index in [0.29, 0.717) is 11.1 Å². The highest BCUT2D eigenvalue weighted by Crippen LogP contribution is 2.18. The van der Waals surface area contributed by atoms with E-state index in [-0.39, 0.29) is 16.3 Å². The molecular weight excluding hydrogens is 180 g/mol. The topological polar surface area (TPSA) is 72.0 Å². The molecule has 0 aliphatic carbocycles. The van der Waals surface area contributed by atoms with Crippen molar-refractivity contribution in [3.8, 4) is 0 Å². The van der Waals surface area contributed by atoms with Crippen LogP contribution in [0.4, 0.5) is 5.69 Å². The number of furan rings is 1. The van der Waals surface area contributed by atoms with Gasteiger partial charge in [0.25, 0.3) is 0 Å². The number of nitrogens with two attached hydrogens (primary N) is 1. The number of pyridine rings is 1. The highest BCUT2D eigenvalue weighted by atomic mass is 35.5. The third kappa shape index (κ3) is 0.887. The summed E-state index contributed by atoms with van der Waals surface area (Å²) >= 11 is 5.54. The van der Waals surface area contributed by atoms with Crippen LogP contribution in [0.1, 0.15) is 0 Å². The molecule has 2 heterocycles. The first-order valence-corrected chi connectivity index (χ1v) is 3.62. The Morgan fingerprint density at radius 1 is 1.58 bits per heavy atom. The van der Waals surface area contributed by atoms with Crippen molar-refractivity contribution < 1.29 is 4.42 Å². The zero-order chi connectivity index (χ0) is 8.72. The molecule has 2 rings (SSSR count). The molecule has 3 N–H and O–H groups in total. The molecule has 12 heavy (non-hydrogen) atoms. The molecule has 0 aromatic carbocycles. The van der Waals surface area contributed by atoms with Gasteiger partial charge >= 0.3 is 0 Å². The number of nitrogen functional groups attached to an aromatic ring is 1. The van der Waals surface area contributed by atoms with Gasteiger partial charge in [0.2, 0.25) is 11.1 Å². The molecule has 0 aliphatic rings. The zero-order valence-corrected chi connectivity index (χ0v) is 6.68. The summed E-state index contributed by atoms with van der Waals surface area (Å²) in [6, 6.07) is 1.44. The Kier molecular flexibility index (Phi) is 1.38. The lowest BCUT2D eigenvalue weighted by Crippen LogP contribution is -2.07. The number of nitrogens with one attached hydrogen (secondary N) is 1. The number of hydrogen-bond donors (Lipinski definition) is 2. The Hall–Kier alpha value is -1.42. The molecule has 0 amide bonds. The number of anilines is 1. The molecule has 0 unspecified atom stereocenters. The standard InChI is InChI=1S/C7H5ClN2O2/c8-5-1-3-6(11)4(9)2-10-7(3)12-5/h1-2H,9H2,(H,10,11). The second kappa shape index (κ2) is 2.28. The summed E-state index contributed by atoms with van der Waals surface area (Å²) in [5, 5.41) is 0.545. The lowest BCUT2D eigenvalue weighted by Gasteiger charge is -1.89. The number of aromatic nitrogens is 1. The van der Waals surface area contributed by atoms with Crippen molar-refractivity contribution in [1.82, 2.24) is 4.98 Å². The van der Waals surface area contributed by atoms with Crippen molar-refractivity contribution in [2.75, 3.05) is 5.73 Å². The van der Waals surface area contributed by atoms with Crippen molar-refractivity contribution in [1.29, 1.82) is 0 Å². The van der Waals surface area contributed by atoms with Gasteiger partial charge in [0, 0.05) is 12.3 Å². The molecule has 0 aliphatic heterocycles. The quantitative estimate of drug-likeness (QED) is 0.649. The van der Waals surface area contributed by atoms with Gasteiger partial charge in [-0.1, -0.05) is 0 Å². The van der Waals surface area contributed by atoms with E-state index in [1.165, 1.54) is 12.3 Å². The van der Waals surface area contributed by atoms with E-state index >= 15 is 0 Å². The van der Waals surface area contributed by atoms with Crippen LogP contribution in [0.3, 0.4) is 0 Å². The minimum Gasteiger partial charge on any atom is -0.428 e. The summed E-state index contributed by atoms with van der Waals surface area (Å²) in [4.78, 5) is 14.0. The van der Waals surface area contributed by atoms with Gasteiger partial charge in [-0.2, -0.15) is 0 Å². The van der Waals surface area contributed by atoms with Gasteiger partial charge in [-0.15, -0.1) is 0 Å². The van der Waals surface area contributed by atoms with Crippen LogP contribution in [-0.2, 0) is 0 Å². The predicted octanol–water partition coefficient (Wildman–Crippen LogP) is 1.36. The summed E-state index contributed by atoms with van der Waals surface area (Å²) in [5.41, 5.74) is 5.60. The van der Waals surface area contributed by atoms with E-state index < -0.39 is 0 Å².